The molecule has 0 bridgehead atoms. The Morgan fingerprint density at radius 1 is 1.33 bits per heavy atom. The molecule has 0 saturated heterocycles. The van der Waals surface area contributed by atoms with E-state index in [0.29, 0.717) is 18.1 Å². The van der Waals surface area contributed by atoms with Crippen LogP contribution >= 0.6 is 0 Å². The van der Waals surface area contributed by atoms with E-state index >= 15 is 0 Å². The molecule has 0 atom stereocenters. The first-order chi connectivity index (χ1) is 8.79. The number of rotatable bonds is 4. The van der Waals surface area contributed by atoms with E-state index in [0.717, 1.165) is 11.8 Å². The van der Waals surface area contributed by atoms with E-state index in [1.54, 1.807) is 0 Å². The predicted molar refractivity (Wildman–Crippen MR) is 68.5 cm³/mol. The topological polar surface area (TPSA) is 45.1 Å². The van der Waals surface area contributed by atoms with Gasteiger partial charge in [0.05, 0.1) is 11.9 Å². The Morgan fingerprint density at radius 2 is 2.11 bits per heavy atom. The largest absolute Gasteiger partial charge is 0.485 e. The van der Waals surface area contributed by atoms with Gasteiger partial charge in [0.25, 0.3) is 0 Å². The molecule has 3 nitrogen and oxygen atoms in total. The molecule has 92 valence electrons. The van der Waals surface area contributed by atoms with Crippen LogP contribution in [0.25, 0.3) is 0 Å². The van der Waals surface area contributed by atoms with Gasteiger partial charge >= 0.3 is 0 Å². The Labute approximate surface area is 105 Å². The quantitative estimate of drug-likeness (QED) is 0.631. The number of hydrogen-bond acceptors (Lipinski definition) is 3. The van der Waals surface area contributed by atoms with E-state index in [4.69, 9.17) is 10.1 Å². The SMILES string of the molecule is N=C/C(OCc1ccccc1)=C1/C=C(F)C=CN1. The molecule has 0 aromatic heterocycles. The second-order valence-electron chi connectivity index (χ2n) is 3.70. The molecule has 1 aliphatic rings. The lowest BCUT2D eigenvalue weighted by molar-refractivity contribution is 0.215. The number of allylic oxidation sites excluding steroid dienone is 4. The van der Waals surface area contributed by atoms with Crippen LogP contribution in [0.5, 0.6) is 0 Å². The van der Waals surface area contributed by atoms with Crippen LogP contribution in [0.4, 0.5) is 4.39 Å². The molecule has 1 aliphatic heterocycles. The van der Waals surface area contributed by atoms with E-state index in [2.05, 4.69) is 5.32 Å². The molecule has 0 aliphatic carbocycles. The molecule has 0 amide bonds. The summed E-state index contributed by atoms with van der Waals surface area (Å²) >= 11 is 0. The first-order valence-corrected chi connectivity index (χ1v) is 5.51. The molecule has 1 heterocycles. The molecule has 1 aromatic rings. The van der Waals surface area contributed by atoms with Gasteiger partial charge in [0.15, 0.2) is 5.76 Å². The number of nitrogens with one attached hydrogen (secondary N) is 2. The smallest absolute Gasteiger partial charge is 0.160 e. The predicted octanol–water partition coefficient (Wildman–Crippen LogP) is 3.03. The lowest BCUT2D eigenvalue weighted by atomic mass is 10.2. The number of benzene rings is 1. The molecule has 0 unspecified atom stereocenters. The van der Waals surface area contributed by atoms with Crippen molar-refractivity contribution in [2.45, 2.75) is 6.61 Å². The number of halogens is 1. The maximum absolute atomic E-state index is 13.1. The Kier molecular flexibility index (Phi) is 3.91. The zero-order valence-electron chi connectivity index (χ0n) is 9.69. The van der Waals surface area contributed by atoms with Gasteiger partial charge in [0, 0.05) is 12.3 Å². The molecule has 18 heavy (non-hydrogen) atoms. The molecule has 0 radical (unpaired) electrons. The summed E-state index contributed by atoms with van der Waals surface area (Å²) in [6.07, 6.45) is 5.14. The van der Waals surface area contributed by atoms with Crippen LogP contribution in [0.2, 0.25) is 0 Å². The summed E-state index contributed by atoms with van der Waals surface area (Å²) in [4.78, 5) is 0. The molecule has 0 saturated carbocycles. The van der Waals surface area contributed by atoms with Crippen LogP contribution in [0.15, 0.2) is 66.0 Å². The average Bonchev–Trinajstić information content (AvgIpc) is 2.41. The number of dihydropyridines is 1. The standard InChI is InChI=1S/C14H13FN2O/c15-12-6-7-17-13(8-12)14(9-16)18-10-11-4-2-1-3-5-11/h1-9,16-17H,10H2/b14-13+,16-9?. The first-order valence-electron chi connectivity index (χ1n) is 5.51. The molecular formula is C14H13FN2O. The van der Waals surface area contributed by atoms with E-state index in [1.807, 2.05) is 30.3 Å². The maximum Gasteiger partial charge on any atom is 0.160 e. The van der Waals surface area contributed by atoms with E-state index in [1.165, 1.54) is 18.4 Å². The highest BCUT2D eigenvalue weighted by Crippen LogP contribution is 2.14. The zero-order valence-corrected chi connectivity index (χ0v) is 9.69. The van der Waals surface area contributed by atoms with Gasteiger partial charge in [-0.05, 0) is 11.6 Å². The van der Waals surface area contributed by atoms with Crippen molar-refractivity contribution in [2.24, 2.45) is 0 Å². The number of ether oxygens (including phenoxy) is 1. The van der Waals surface area contributed by atoms with Crippen LogP contribution < -0.4 is 5.32 Å². The van der Waals surface area contributed by atoms with Crippen LogP contribution in [0, 0.1) is 5.41 Å². The van der Waals surface area contributed by atoms with E-state index in [9.17, 15) is 4.39 Å². The van der Waals surface area contributed by atoms with Gasteiger partial charge in [-0.2, -0.15) is 0 Å². The summed E-state index contributed by atoms with van der Waals surface area (Å²) in [5, 5.41) is 10.1. The summed E-state index contributed by atoms with van der Waals surface area (Å²) in [7, 11) is 0. The van der Waals surface area contributed by atoms with Crippen molar-refractivity contribution in [1.29, 1.82) is 5.41 Å². The molecule has 2 rings (SSSR count). The summed E-state index contributed by atoms with van der Waals surface area (Å²) in [5.74, 6) is -0.0650. The first kappa shape index (κ1) is 12.1. The highest BCUT2D eigenvalue weighted by Gasteiger charge is 2.07. The Hall–Kier alpha value is -2.36. The van der Waals surface area contributed by atoms with Crippen molar-refractivity contribution in [2.75, 3.05) is 0 Å². The summed E-state index contributed by atoms with van der Waals surface area (Å²) in [6, 6.07) is 9.60. The van der Waals surface area contributed by atoms with Gasteiger partial charge in [-0.15, -0.1) is 0 Å². The Balaban J connectivity index is 2.09. The Bertz CT molecular complexity index is 518. The van der Waals surface area contributed by atoms with Gasteiger partial charge in [-0.25, -0.2) is 4.39 Å². The van der Waals surface area contributed by atoms with Crippen molar-refractivity contribution in [3.8, 4) is 0 Å². The molecule has 0 spiro atoms. The van der Waals surface area contributed by atoms with Gasteiger partial charge in [-0.3, -0.25) is 0 Å². The second-order valence-corrected chi connectivity index (χ2v) is 3.70. The van der Waals surface area contributed by atoms with Crippen molar-refractivity contribution >= 4 is 6.21 Å². The monoisotopic (exact) mass is 244 g/mol. The lowest BCUT2D eigenvalue weighted by Crippen LogP contribution is -2.12. The summed E-state index contributed by atoms with van der Waals surface area (Å²) in [6.45, 7) is 0.343. The maximum atomic E-state index is 13.1. The summed E-state index contributed by atoms with van der Waals surface area (Å²) < 4.78 is 18.6. The van der Waals surface area contributed by atoms with E-state index in [-0.39, 0.29) is 5.83 Å². The average molecular weight is 244 g/mol. The third kappa shape index (κ3) is 3.07. The third-order valence-corrected chi connectivity index (χ3v) is 2.40. The number of hydrogen-bond donors (Lipinski definition) is 2. The van der Waals surface area contributed by atoms with E-state index < -0.39 is 0 Å². The third-order valence-electron chi connectivity index (χ3n) is 2.40. The van der Waals surface area contributed by atoms with Crippen molar-refractivity contribution in [3.05, 3.63) is 71.5 Å². The van der Waals surface area contributed by atoms with Crippen LogP contribution in [-0.2, 0) is 11.3 Å². The second kappa shape index (κ2) is 5.82. The normalized spacial score (nSPS) is 16.6. The summed E-state index contributed by atoms with van der Waals surface area (Å²) in [5.41, 5.74) is 1.44. The van der Waals surface area contributed by atoms with Gasteiger partial charge in [0.2, 0.25) is 0 Å². The van der Waals surface area contributed by atoms with Gasteiger partial charge < -0.3 is 15.5 Å². The Morgan fingerprint density at radius 3 is 2.78 bits per heavy atom. The van der Waals surface area contributed by atoms with Gasteiger partial charge in [-0.1, -0.05) is 30.3 Å². The minimum absolute atomic E-state index is 0.304. The lowest BCUT2D eigenvalue weighted by Gasteiger charge is -2.13. The molecule has 1 aromatic carbocycles. The molecular weight excluding hydrogens is 231 g/mol. The van der Waals surface area contributed by atoms with Crippen LogP contribution in [0.1, 0.15) is 5.56 Å². The fourth-order valence-electron chi connectivity index (χ4n) is 1.51. The zero-order chi connectivity index (χ0) is 12.8. The van der Waals surface area contributed by atoms with Gasteiger partial charge in [0.1, 0.15) is 12.4 Å². The highest BCUT2D eigenvalue weighted by atomic mass is 19.1. The van der Waals surface area contributed by atoms with Crippen LogP contribution in [-0.4, -0.2) is 6.21 Å². The fraction of sp³-hybridized carbons (Fsp3) is 0.0714. The molecule has 0 fully saturated rings. The van der Waals surface area contributed by atoms with Crippen LogP contribution in [0.3, 0.4) is 0 Å². The fourth-order valence-corrected chi connectivity index (χ4v) is 1.51. The van der Waals surface area contributed by atoms with Crippen molar-refractivity contribution < 1.29 is 9.13 Å². The van der Waals surface area contributed by atoms with Crippen molar-refractivity contribution in [3.63, 3.8) is 0 Å². The minimum Gasteiger partial charge on any atom is -0.485 e. The minimum atomic E-state index is -0.369. The molecule has 2 N–H and O–H groups in total. The molecule has 4 heteroatoms. The van der Waals surface area contributed by atoms with Crippen molar-refractivity contribution in [1.82, 2.24) is 5.32 Å². The highest BCUT2D eigenvalue weighted by molar-refractivity contribution is 5.75.